The van der Waals surface area contributed by atoms with Crippen molar-refractivity contribution in [2.24, 2.45) is 5.92 Å². The van der Waals surface area contributed by atoms with Gasteiger partial charge in [0.2, 0.25) is 0 Å². The largest absolute Gasteiger partial charge is 0.497 e. The molecule has 94 valence electrons. The zero-order valence-corrected chi connectivity index (χ0v) is 10.8. The molecule has 3 nitrogen and oxygen atoms in total. The first-order valence-corrected chi connectivity index (χ1v) is 6.30. The fraction of sp³-hybridized carbons (Fsp3) is 0.571. The highest BCUT2D eigenvalue weighted by molar-refractivity contribution is 5.50. The molecule has 0 saturated carbocycles. The van der Waals surface area contributed by atoms with Gasteiger partial charge in [-0.1, -0.05) is 0 Å². The zero-order chi connectivity index (χ0) is 12.3. The molecule has 0 aromatic heterocycles. The van der Waals surface area contributed by atoms with Gasteiger partial charge in [0.15, 0.2) is 0 Å². The fourth-order valence-corrected chi connectivity index (χ4v) is 2.64. The van der Waals surface area contributed by atoms with Crippen LogP contribution in [0.4, 0.5) is 5.69 Å². The van der Waals surface area contributed by atoms with E-state index in [0.29, 0.717) is 0 Å². The summed E-state index contributed by atoms with van der Waals surface area (Å²) in [6.07, 6.45) is 3.67. The van der Waals surface area contributed by atoms with Crippen molar-refractivity contribution < 1.29 is 4.74 Å². The lowest BCUT2D eigenvalue weighted by Crippen LogP contribution is -2.33. The summed E-state index contributed by atoms with van der Waals surface area (Å²) in [6.45, 7) is 2.40. The van der Waals surface area contributed by atoms with E-state index in [4.69, 9.17) is 10.5 Å². The van der Waals surface area contributed by atoms with E-state index in [2.05, 4.69) is 18.0 Å². The summed E-state index contributed by atoms with van der Waals surface area (Å²) >= 11 is 0. The number of nitrogens with zero attached hydrogens (tertiary/aromatic N) is 1. The maximum Gasteiger partial charge on any atom is 0.119 e. The van der Waals surface area contributed by atoms with Crippen molar-refractivity contribution in [1.82, 2.24) is 4.90 Å². The maximum atomic E-state index is 6.03. The molecular formula is C14H22N2O. The molecule has 1 aliphatic heterocycles. The number of anilines is 1. The Bertz CT molecular complexity index is 378. The van der Waals surface area contributed by atoms with Crippen LogP contribution in [0.5, 0.6) is 5.75 Å². The first kappa shape index (κ1) is 12.2. The van der Waals surface area contributed by atoms with Crippen molar-refractivity contribution in [1.29, 1.82) is 0 Å². The maximum absolute atomic E-state index is 6.03. The normalized spacial score (nSPS) is 21.4. The lowest BCUT2D eigenvalue weighted by atomic mass is 9.91. The number of rotatable bonds is 3. The molecular weight excluding hydrogens is 212 g/mol. The Hall–Kier alpha value is -1.22. The Morgan fingerprint density at radius 3 is 3.00 bits per heavy atom. The smallest absolute Gasteiger partial charge is 0.119 e. The number of ether oxygens (including phenoxy) is 1. The second-order valence-electron chi connectivity index (χ2n) is 5.04. The van der Waals surface area contributed by atoms with Crippen molar-refractivity contribution in [2.45, 2.75) is 19.3 Å². The molecule has 1 atom stereocenters. The molecule has 0 radical (unpaired) electrons. The van der Waals surface area contributed by atoms with Gasteiger partial charge in [-0.2, -0.15) is 0 Å². The highest BCUT2D eigenvalue weighted by atomic mass is 16.5. The van der Waals surface area contributed by atoms with Crippen molar-refractivity contribution in [2.75, 3.05) is 33.0 Å². The van der Waals surface area contributed by atoms with E-state index < -0.39 is 0 Å². The third-order valence-corrected chi connectivity index (χ3v) is 3.58. The summed E-state index contributed by atoms with van der Waals surface area (Å²) in [4.78, 5) is 2.41. The van der Waals surface area contributed by atoms with E-state index in [1.807, 2.05) is 12.1 Å². The molecule has 0 spiro atoms. The Morgan fingerprint density at radius 2 is 2.29 bits per heavy atom. The van der Waals surface area contributed by atoms with Crippen LogP contribution in [0.3, 0.4) is 0 Å². The van der Waals surface area contributed by atoms with E-state index in [9.17, 15) is 0 Å². The average molecular weight is 234 g/mol. The van der Waals surface area contributed by atoms with E-state index >= 15 is 0 Å². The van der Waals surface area contributed by atoms with Gasteiger partial charge >= 0.3 is 0 Å². The van der Waals surface area contributed by atoms with Gasteiger partial charge in [0.25, 0.3) is 0 Å². The van der Waals surface area contributed by atoms with Crippen LogP contribution in [0.15, 0.2) is 18.2 Å². The SMILES string of the molecule is COc1ccc(N)c(CC2CCCN(C)C2)c1. The standard InChI is InChI=1S/C14H22N2O/c1-16-7-3-4-11(10-16)8-12-9-13(17-2)5-6-14(12)15/h5-6,9,11H,3-4,7-8,10,15H2,1-2H3. The molecule has 0 amide bonds. The molecule has 1 aliphatic rings. The summed E-state index contributed by atoms with van der Waals surface area (Å²) in [5.74, 6) is 1.63. The van der Waals surface area contributed by atoms with Gasteiger partial charge in [-0.05, 0) is 62.5 Å². The van der Waals surface area contributed by atoms with Gasteiger partial charge < -0.3 is 15.4 Å². The van der Waals surface area contributed by atoms with Crippen molar-refractivity contribution in [3.63, 3.8) is 0 Å². The van der Waals surface area contributed by atoms with Gasteiger partial charge in [-0.25, -0.2) is 0 Å². The second kappa shape index (κ2) is 5.41. The van der Waals surface area contributed by atoms with E-state index in [0.717, 1.165) is 23.8 Å². The van der Waals surface area contributed by atoms with E-state index in [1.54, 1.807) is 7.11 Å². The number of nitrogens with two attached hydrogens (primary N) is 1. The topological polar surface area (TPSA) is 38.5 Å². The van der Waals surface area contributed by atoms with Crippen LogP contribution in [-0.4, -0.2) is 32.1 Å². The monoisotopic (exact) mass is 234 g/mol. The molecule has 1 saturated heterocycles. The predicted octanol–water partition coefficient (Wildman–Crippen LogP) is 2.16. The molecule has 1 heterocycles. The quantitative estimate of drug-likeness (QED) is 0.815. The lowest BCUT2D eigenvalue weighted by molar-refractivity contribution is 0.209. The number of nitrogen functional groups attached to an aromatic ring is 1. The van der Waals surface area contributed by atoms with Gasteiger partial charge in [-0.15, -0.1) is 0 Å². The molecule has 1 fully saturated rings. The molecule has 2 rings (SSSR count). The Morgan fingerprint density at radius 1 is 1.47 bits per heavy atom. The fourth-order valence-electron chi connectivity index (χ4n) is 2.64. The molecule has 17 heavy (non-hydrogen) atoms. The van der Waals surface area contributed by atoms with Crippen LogP contribution in [0.2, 0.25) is 0 Å². The van der Waals surface area contributed by atoms with Crippen LogP contribution >= 0.6 is 0 Å². The minimum atomic E-state index is 0.725. The molecule has 1 unspecified atom stereocenters. The minimum Gasteiger partial charge on any atom is -0.497 e. The molecule has 3 heteroatoms. The molecule has 1 aromatic rings. The number of hydrogen-bond acceptors (Lipinski definition) is 3. The van der Waals surface area contributed by atoms with Crippen LogP contribution in [-0.2, 0) is 6.42 Å². The summed E-state index contributed by atoms with van der Waals surface area (Å²) in [6, 6.07) is 5.94. The van der Waals surface area contributed by atoms with Crippen LogP contribution in [0.25, 0.3) is 0 Å². The number of benzene rings is 1. The van der Waals surface area contributed by atoms with Gasteiger partial charge in [-0.3, -0.25) is 0 Å². The highest BCUT2D eigenvalue weighted by Crippen LogP contribution is 2.26. The number of piperidine rings is 1. The Kier molecular flexibility index (Phi) is 3.89. The summed E-state index contributed by atoms with van der Waals surface area (Å²) in [7, 11) is 3.89. The first-order chi connectivity index (χ1) is 8.19. The molecule has 0 aliphatic carbocycles. The number of methoxy groups -OCH3 is 1. The van der Waals surface area contributed by atoms with Crippen LogP contribution in [0, 0.1) is 5.92 Å². The Balaban J connectivity index is 2.06. The van der Waals surface area contributed by atoms with E-state index in [1.165, 1.54) is 31.5 Å². The predicted molar refractivity (Wildman–Crippen MR) is 71.3 cm³/mol. The summed E-state index contributed by atoms with van der Waals surface area (Å²) in [5, 5.41) is 0. The van der Waals surface area contributed by atoms with E-state index in [-0.39, 0.29) is 0 Å². The van der Waals surface area contributed by atoms with Crippen molar-refractivity contribution in [3.05, 3.63) is 23.8 Å². The highest BCUT2D eigenvalue weighted by Gasteiger charge is 2.18. The molecule has 1 aromatic carbocycles. The van der Waals surface area contributed by atoms with Crippen molar-refractivity contribution >= 4 is 5.69 Å². The summed E-state index contributed by atoms with van der Waals surface area (Å²) in [5.41, 5.74) is 8.14. The molecule has 0 bridgehead atoms. The Labute approximate surface area is 104 Å². The van der Waals surface area contributed by atoms with Gasteiger partial charge in [0.1, 0.15) is 5.75 Å². The summed E-state index contributed by atoms with van der Waals surface area (Å²) < 4.78 is 5.25. The lowest BCUT2D eigenvalue weighted by Gasteiger charge is -2.30. The first-order valence-electron chi connectivity index (χ1n) is 6.30. The third kappa shape index (κ3) is 3.13. The zero-order valence-electron chi connectivity index (χ0n) is 10.8. The van der Waals surface area contributed by atoms with Crippen molar-refractivity contribution in [3.8, 4) is 5.75 Å². The third-order valence-electron chi connectivity index (χ3n) is 3.58. The van der Waals surface area contributed by atoms with Gasteiger partial charge in [0, 0.05) is 12.2 Å². The number of hydrogen-bond donors (Lipinski definition) is 1. The number of likely N-dealkylation sites (tertiary alicyclic amines) is 1. The average Bonchev–Trinajstić information content (AvgIpc) is 2.32. The van der Waals surface area contributed by atoms with Gasteiger partial charge in [0.05, 0.1) is 7.11 Å². The van der Waals surface area contributed by atoms with Crippen LogP contribution < -0.4 is 10.5 Å². The molecule has 2 N–H and O–H groups in total. The minimum absolute atomic E-state index is 0.725. The second-order valence-corrected chi connectivity index (χ2v) is 5.04. The van der Waals surface area contributed by atoms with Crippen LogP contribution in [0.1, 0.15) is 18.4 Å².